The van der Waals surface area contributed by atoms with Crippen LogP contribution in [-0.2, 0) is 9.53 Å². The maximum absolute atomic E-state index is 11.3. The molecule has 0 spiro atoms. The number of ether oxygens (including phenoxy) is 1. The van der Waals surface area contributed by atoms with Crippen LogP contribution in [0.25, 0.3) is 0 Å². The maximum atomic E-state index is 11.3. The zero-order valence-corrected chi connectivity index (χ0v) is 8.03. The number of carbonyl (C=O) groups excluding carboxylic acids is 2. The summed E-state index contributed by atoms with van der Waals surface area (Å²) in [6.07, 6.45) is 2.33. The molecule has 4 heteroatoms. The normalized spacial score (nSPS) is 16.5. The van der Waals surface area contributed by atoms with Crippen LogP contribution in [-0.4, -0.2) is 28.9 Å². The van der Waals surface area contributed by atoms with Gasteiger partial charge in [0, 0.05) is 6.20 Å². The van der Waals surface area contributed by atoms with Crippen LogP contribution in [0.2, 0.25) is 0 Å². The van der Waals surface area contributed by atoms with Gasteiger partial charge >= 0.3 is 6.09 Å². The molecule has 1 aliphatic rings. The average molecular weight is 183 g/mol. The Morgan fingerprint density at radius 3 is 2.54 bits per heavy atom. The monoisotopic (exact) mass is 183 g/mol. The van der Waals surface area contributed by atoms with Crippen molar-refractivity contribution in [2.75, 3.05) is 6.54 Å². The molecule has 0 fully saturated rings. The lowest BCUT2D eigenvalue weighted by molar-refractivity contribution is -0.114. The molecular weight excluding hydrogens is 170 g/mol. The molecule has 1 rings (SSSR count). The SMILES string of the molecule is CC(C)(C)OC(=O)N1C=CC(=O)C1. The lowest BCUT2D eigenvalue weighted by atomic mass is 10.2. The Bertz CT molecular complexity index is 263. The standard InChI is InChI=1S/C9H13NO3/c1-9(2,3)13-8(12)10-5-4-7(11)6-10/h4-5H,6H2,1-3H3. The fourth-order valence-corrected chi connectivity index (χ4v) is 0.892. The van der Waals surface area contributed by atoms with Crippen LogP contribution in [0.3, 0.4) is 0 Å². The highest BCUT2D eigenvalue weighted by molar-refractivity contribution is 5.96. The van der Waals surface area contributed by atoms with Crippen LogP contribution in [0.15, 0.2) is 12.3 Å². The van der Waals surface area contributed by atoms with Gasteiger partial charge in [0.25, 0.3) is 0 Å². The predicted octanol–water partition coefficient (Wildman–Crippen LogP) is 1.32. The molecule has 0 unspecified atom stereocenters. The molecule has 1 heterocycles. The minimum atomic E-state index is -0.517. The molecule has 0 aromatic heterocycles. The average Bonchev–Trinajstić information content (AvgIpc) is 2.31. The smallest absolute Gasteiger partial charge is 0.414 e. The first-order valence-electron chi connectivity index (χ1n) is 4.09. The van der Waals surface area contributed by atoms with Crippen molar-refractivity contribution in [3.8, 4) is 0 Å². The molecule has 0 saturated carbocycles. The van der Waals surface area contributed by atoms with Gasteiger partial charge in [-0.1, -0.05) is 0 Å². The molecule has 1 aliphatic heterocycles. The van der Waals surface area contributed by atoms with E-state index in [1.807, 2.05) is 0 Å². The van der Waals surface area contributed by atoms with E-state index in [9.17, 15) is 9.59 Å². The summed E-state index contributed by atoms with van der Waals surface area (Å²) < 4.78 is 5.05. The van der Waals surface area contributed by atoms with Gasteiger partial charge < -0.3 is 4.74 Å². The van der Waals surface area contributed by atoms with Crippen LogP contribution in [0, 0.1) is 0 Å². The molecule has 0 N–H and O–H groups in total. The largest absolute Gasteiger partial charge is 0.443 e. The van der Waals surface area contributed by atoms with Gasteiger partial charge in [-0.25, -0.2) is 4.79 Å². The van der Waals surface area contributed by atoms with Crippen molar-refractivity contribution >= 4 is 11.9 Å². The van der Waals surface area contributed by atoms with Crippen LogP contribution < -0.4 is 0 Å². The van der Waals surface area contributed by atoms with Gasteiger partial charge in [-0.3, -0.25) is 9.69 Å². The molecule has 4 nitrogen and oxygen atoms in total. The molecule has 0 atom stereocenters. The third-order valence-electron chi connectivity index (χ3n) is 1.39. The molecule has 72 valence electrons. The Morgan fingerprint density at radius 1 is 1.54 bits per heavy atom. The molecular formula is C9H13NO3. The third kappa shape index (κ3) is 2.89. The lowest BCUT2D eigenvalue weighted by Crippen LogP contribution is -2.33. The number of ketones is 1. The Hall–Kier alpha value is -1.32. The summed E-state index contributed by atoms with van der Waals surface area (Å²) in [5.41, 5.74) is -0.517. The molecule has 0 aromatic carbocycles. The molecule has 13 heavy (non-hydrogen) atoms. The fraction of sp³-hybridized carbons (Fsp3) is 0.556. The summed E-state index contributed by atoms with van der Waals surface area (Å²) in [6, 6.07) is 0. The first kappa shape index (κ1) is 9.77. The zero-order valence-electron chi connectivity index (χ0n) is 8.03. The molecule has 1 amide bonds. The van der Waals surface area contributed by atoms with Gasteiger partial charge in [-0.15, -0.1) is 0 Å². The highest BCUT2D eigenvalue weighted by Crippen LogP contribution is 2.11. The van der Waals surface area contributed by atoms with Crippen LogP contribution in [0.1, 0.15) is 20.8 Å². The number of rotatable bonds is 0. The van der Waals surface area contributed by atoms with E-state index in [-0.39, 0.29) is 12.3 Å². The van der Waals surface area contributed by atoms with E-state index >= 15 is 0 Å². The number of carbonyl (C=O) groups is 2. The second-order valence-corrected chi connectivity index (χ2v) is 3.89. The van der Waals surface area contributed by atoms with Crippen molar-refractivity contribution < 1.29 is 14.3 Å². The minimum Gasteiger partial charge on any atom is -0.443 e. The van der Waals surface area contributed by atoms with E-state index < -0.39 is 11.7 Å². The molecule has 0 aromatic rings. The summed E-state index contributed by atoms with van der Waals surface area (Å²) in [5, 5.41) is 0. The molecule has 0 aliphatic carbocycles. The first-order chi connectivity index (χ1) is 5.88. The van der Waals surface area contributed by atoms with Crippen molar-refractivity contribution in [1.82, 2.24) is 4.90 Å². The van der Waals surface area contributed by atoms with Crippen molar-refractivity contribution in [3.63, 3.8) is 0 Å². The van der Waals surface area contributed by atoms with E-state index in [2.05, 4.69) is 0 Å². The number of hydrogen-bond donors (Lipinski definition) is 0. The predicted molar refractivity (Wildman–Crippen MR) is 47.1 cm³/mol. The summed E-state index contributed by atoms with van der Waals surface area (Å²) in [7, 11) is 0. The van der Waals surface area contributed by atoms with Crippen molar-refractivity contribution in [2.24, 2.45) is 0 Å². The third-order valence-corrected chi connectivity index (χ3v) is 1.39. The fourth-order valence-electron chi connectivity index (χ4n) is 0.892. The van der Waals surface area contributed by atoms with E-state index in [0.717, 1.165) is 0 Å². The molecule has 0 bridgehead atoms. The second-order valence-electron chi connectivity index (χ2n) is 3.89. The number of amides is 1. The van der Waals surface area contributed by atoms with Crippen LogP contribution >= 0.6 is 0 Å². The quantitative estimate of drug-likeness (QED) is 0.569. The van der Waals surface area contributed by atoms with E-state index in [4.69, 9.17) is 4.74 Å². The molecule has 0 saturated heterocycles. The summed E-state index contributed by atoms with van der Waals surface area (Å²) in [6.45, 7) is 5.44. The van der Waals surface area contributed by atoms with Crippen molar-refractivity contribution in [2.45, 2.75) is 26.4 Å². The van der Waals surface area contributed by atoms with E-state index in [1.165, 1.54) is 17.2 Å². The topological polar surface area (TPSA) is 46.6 Å². The van der Waals surface area contributed by atoms with E-state index in [1.54, 1.807) is 20.8 Å². The lowest BCUT2D eigenvalue weighted by Gasteiger charge is -2.22. The Morgan fingerprint density at radius 2 is 2.15 bits per heavy atom. The highest BCUT2D eigenvalue weighted by Gasteiger charge is 2.24. The first-order valence-corrected chi connectivity index (χ1v) is 4.09. The van der Waals surface area contributed by atoms with Crippen LogP contribution in [0.5, 0.6) is 0 Å². The van der Waals surface area contributed by atoms with Gasteiger partial charge in [0.15, 0.2) is 5.78 Å². The minimum absolute atomic E-state index is 0.0779. The van der Waals surface area contributed by atoms with E-state index in [0.29, 0.717) is 0 Å². The van der Waals surface area contributed by atoms with Gasteiger partial charge in [-0.2, -0.15) is 0 Å². The number of hydrogen-bond acceptors (Lipinski definition) is 3. The van der Waals surface area contributed by atoms with Crippen LogP contribution in [0.4, 0.5) is 4.79 Å². The Kier molecular flexibility index (Phi) is 2.40. The molecule has 0 radical (unpaired) electrons. The number of nitrogens with zero attached hydrogens (tertiary/aromatic N) is 1. The Labute approximate surface area is 77.2 Å². The van der Waals surface area contributed by atoms with Gasteiger partial charge in [0.2, 0.25) is 0 Å². The van der Waals surface area contributed by atoms with Gasteiger partial charge in [-0.05, 0) is 26.8 Å². The zero-order chi connectivity index (χ0) is 10.1. The maximum Gasteiger partial charge on any atom is 0.414 e. The second kappa shape index (κ2) is 3.20. The highest BCUT2D eigenvalue weighted by atomic mass is 16.6. The summed E-state index contributed by atoms with van der Waals surface area (Å²) in [5.74, 6) is -0.0779. The summed E-state index contributed by atoms with van der Waals surface area (Å²) >= 11 is 0. The van der Waals surface area contributed by atoms with Gasteiger partial charge in [0.05, 0.1) is 6.54 Å². The summed E-state index contributed by atoms with van der Waals surface area (Å²) in [4.78, 5) is 23.4. The van der Waals surface area contributed by atoms with Gasteiger partial charge in [0.1, 0.15) is 5.60 Å². The Balaban J connectivity index is 2.51. The van der Waals surface area contributed by atoms with Crippen molar-refractivity contribution in [3.05, 3.63) is 12.3 Å². The van der Waals surface area contributed by atoms with Crippen molar-refractivity contribution in [1.29, 1.82) is 0 Å².